The maximum absolute atomic E-state index is 12.0. The lowest BCUT2D eigenvalue weighted by Gasteiger charge is -2.03. The van der Waals surface area contributed by atoms with Crippen LogP contribution in [0.1, 0.15) is 20.8 Å². The van der Waals surface area contributed by atoms with E-state index in [9.17, 15) is 9.59 Å². The van der Waals surface area contributed by atoms with Gasteiger partial charge in [-0.05, 0) is 0 Å². The molecule has 0 aliphatic carbocycles. The van der Waals surface area contributed by atoms with Gasteiger partial charge in [-0.25, -0.2) is 4.79 Å². The first-order valence-corrected chi connectivity index (χ1v) is 5.04. The predicted molar refractivity (Wildman–Crippen MR) is 61.3 cm³/mol. The number of nitrogens with zero attached hydrogens (tertiary/aromatic N) is 4. The third-order valence-corrected chi connectivity index (χ3v) is 2.35. The Kier molecular flexibility index (Phi) is 2.84. The van der Waals surface area contributed by atoms with Crippen LogP contribution in [-0.4, -0.2) is 36.5 Å². The molecule has 0 atom stereocenters. The Balaban J connectivity index is 2.29. The predicted octanol–water partition coefficient (Wildman–Crippen LogP) is 0.104. The summed E-state index contributed by atoms with van der Waals surface area (Å²) in [6, 6.07) is 0. The van der Waals surface area contributed by atoms with Gasteiger partial charge in [-0.1, -0.05) is 0 Å². The van der Waals surface area contributed by atoms with Gasteiger partial charge in [-0.3, -0.25) is 14.2 Å². The van der Waals surface area contributed by atoms with E-state index in [-0.39, 0.29) is 11.3 Å². The van der Waals surface area contributed by atoms with Crippen molar-refractivity contribution >= 4 is 17.6 Å². The molecule has 1 amide bonds. The highest BCUT2D eigenvalue weighted by atomic mass is 16.4. The molecular weight excluding hydrogens is 238 g/mol. The second kappa shape index (κ2) is 4.32. The molecule has 8 heteroatoms. The summed E-state index contributed by atoms with van der Waals surface area (Å²) in [6.45, 7) is 0. The Bertz CT molecular complexity index is 613. The van der Waals surface area contributed by atoms with Gasteiger partial charge in [0.1, 0.15) is 11.3 Å². The highest BCUT2D eigenvalue weighted by Crippen LogP contribution is 2.11. The summed E-state index contributed by atoms with van der Waals surface area (Å²) in [6.07, 6.45) is 4.21. The van der Waals surface area contributed by atoms with Crippen LogP contribution < -0.4 is 5.32 Å². The third kappa shape index (κ3) is 2.08. The van der Waals surface area contributed by atoms with Crippen molar-refractivity contribution in [3.05, 3.63) is 29.8 Å². The zero-order valence-electron chi connectivity index (χ0n) is 9.78. The minimum absolute atomic E-state index is 0.00801. The van der Waals surface area contributed by atoms with Gasteiger partial charge in [0, 0.05) is 20.3 Å². The lowest BCUT2D eigenvalue weighted by Crippen LogP contribution is -2.19. The van der Waals surface area contributed by atoms with Crippen molar-refractivity contribution in [1.82, 2.24) is 19.6 Å². The molecule has 18 heavy (non-hydrogen) atoms. The number of hydrogen-bond donors (Lipinski definition) is 2. The van der Waals surface area contributed by atoms with Gasteiger partial charge < -0.3 is 10.4 Å². The maximum Gasteiger partial charge on any atom is 0.339 e. The molecule has 0 aliphatic heterocycles. The molecule has 2 N–H and O–H groups in total. The number of carbonyl (C=O) groups is 2. The van der Waals surface area contributed by atoms with Crippen LogP contribution >= 0.6 is 0 Å². The van der Waals surface area contributed by atoms with Crippen molar-refractivity contribution in [1.29, 1.82) is 0 Å². The topological polar surface area (TPSA) is 102 Å². The Labute approximate surface area is 102 Å². The fourth-order valence-corrected chi connectivity index (χ4v) is 1.54. The average molecular weight is 249 g/mol. The van der Waals surface area contributed by atoms with Crippen LogP contribution in [0.2, 0.25) is 0 Å². The van der Waals surface area contributed by atoms with E-state index in [1.165, 1.54) is 22.6 Å². The smallest absolute Gasteiger partial charge is 0.339 e. The van der Waals surface area contributed by atoms with Crippen LogP contribution in [0.25, 0.3) is 0 Å². The number of carbonyl (C=O) groups excluding carboxylic acids is 1. The largest absolute Gasteiger partial charge is 0.478 e. The molecule has 0 bridgehead atoms. The van der Waals surface area contributed by atoms with Gasteiger partial charge in [-0.2, -0.15) is 10.2 Å². The van der Waals surface area contributed by atoms with E-state index in [1.807, 2.05) is 0 Å². The van der Waals surface area contributed by atoms with Gasteiger partial charge in [-0.15, -0.1) is 0 Å². The van der Waals surface area contributed by atoms with Crippen LogP contribution in [0.5, 0.6) is 0 Å². The summed E-state index contributed by atoms with van der Waals surface area (Å²) in [7, 11) is 3.22. The monoisotopic (exact) mass is 249 g/mol. The zero-order chi connectivity index (χ0) is 13.3. The summed E-state index contributed by atoms with van der Waals surface area (Å²) >= 11 is 0. The fraction of sp³-hybridized carbons (Fsp3) is 0.200. The van der Waals surface area contributed by atoms with Crippen molar-refractivity contribution in [2.45, 2.75) is 0 Å². The molecule has 8 nitrogen and oxygen atoms in total. The average Bonchev–Trinajstić information content (AvgIpc) is 2.85. The van der Waals surface area contributed by atoms with Gasteiger partial charge >= 0.3 is 5.97 Å². The van der Waals surface area contributed by atoms with Crippen LogP contribution in [0, 0.1) is 0 Å². The van der Waals surface area contributed by atoms with E-state index in [1.54, 1.807) is 13.2 Å². The molecule has 0 aliphatic rings. The molecule has 2 heterocycles. The molecule has 94 valence electrons. The maximum atomic E-state index is 12.0. The van der Waals surface area contributed by atoms with E-state index in [0.717, 1.165) is 6.20 Å². The van der Waals surface area contributed by atoms with Crippen molar-refractivity contribution in [2.75, 3.05) is 5.32 Å². The Hall–Kier alpha value is -2.64. The second-order valence-corrected chi connectivity index (χ2v) is 3.69. The van der Waals surface area contributed by atoms with Crippen molar-refractivity contribution in [2.24, 2.45) is 14.1 Å². The quantitative estimate of drug-likeness (QED) is 0.803. The number of hydrogen-bond acceptors (Lipinski definition) is 4. The molecule has 2 rings (SSSR count). The summed E-state index contributed by atoms with van der Waals surface area (Å²) in [4.78, 5) is 22.9. The molecule has 0 spiro atoms. The number of aromatic carboxylic acids is 1. The SMILES string of the molecule is Cn1cc(NC(=O)c2c(C(=O)O)cnn2C)cn1. The Morgan fingerprint density at radius 1 is 1.28 bits per heavy atom. The first-order valence-electron chi connectivity index (χ1n) is 5.04. The molecule has 0 fully saturated rings. The number of aryl methyl sites for hydroxylation is 2. The number of nitrogens with one attached hydrogen (secondary N) is 1. The van der Waals surface area contributed by atoms with E-state index in [4.69, 9.17) is 5.11 Å². The number of aromatic nitrogens is 4. The molecule has 0 aromatic carbocycles. The van der Waals surface area contributed by atoms with E-state index < -0.39 is 11.9 Å². The van der Waals surface area contributed by atoms with Crippen LogP contribution in [0.4, 0.5) is 5.69 Å². The van der Waals surface area contributed by atoms with Gasteiger partial charge in [0.25, 0.3) is 5.91 Å². The standard InChI is InChI=1S/C10H11N5O3/c1-14-5-6(3-11-14)13-9(16)8-7(10(17)18)4-12-15(8)2/h3-5H,1-2H3,(H,13,16)(H,17,18). The number of rotatable bonds is 3. The molecule has 0 saturated carbocycles. The Morgan fingerprint density at radius 3 is 2.56 bits per heavy atom. The number of carboxylic acids is 1. The number of anilines is 1. The van der Waals surface area contributed by atoms with Crippen molar-refractivity contribution in [3.8, 4) is 0 Å². The molecule has 0 saturated heterocycles. The minimum Gasteiger partial charge on any atom is -0.478 e. The Morgan fingerprint density at radius 2 is 2.00 bits per heavy atom. The second-order valence-electron chi connectivity index (χ2n) is 3.69. The van der Waals surface area contributed by atoms with E-state index in [0.29, 0.717) is 5.69 Å². The molecular formula is C10H11N5O3. The lowest BCUT2D eigenvalue weighted by atomic mass is 10.2. The van der Waals surface area contributed by atoms with E-state index >= 15 is 0 Å². The normalized spacial score (nSPS) is 10.3. The first-order chi connectivity index (χ1) is 8.49. The third-order valence-electron chi connectivity index (χ3n) is 2.35. The van der Waals surface area contributed by atoms with Crippen LogP contribution in [0.3, 0.4) is 0 Å². The summed E-state index contributed by atoms with van der Waals surface area (Å²) in [5.74, 6) is -1.74. The fourth-order valence-electron chi connectivity index (χ4n) is 1.54. The van der Waals surface area contributed by atoms with Crippen molar-refractivity contribution in [3.63, 3.8) is 0 Å². The van der Waals surface area contributed by atoms with E-state index in [2.05, 4.69) is 15.5 Å². The van der Waals surface area contributed by atoms with Gasteiger partial charge in [0.15, 0.2) is 0 Å². The van der Waals surface area contributed by atoms with Crippen LogP contribution in [0.15, 0.2) is 18.6 Å². The lowest BCUT2D eigenvalue weighted by molar-refractivity contribution is 0.0692. The molecule has 0 radical (unpaired) electrons. The number of amides is 1. The molecule has 0 unspecified atom stereocenters. The summed E-state index contributed by atoms with van der Waals surface area (Å²) in [5, 5.41) is 19.2. The number of carboxylic acid groups (broad SMARTS) is 1. The summed E-state index contributed by atoms with van der Waals surface area (Å²) in [5.41, 5.74) is 0.338. The summed E-state index contributed by atoms with van der Waals surface area (Å²) < 4.78 is 2.74. The van der Waals surface area contributed by atoms with Gasteiger partial charge in [0.2, 0.25) is 0 Å². The highest BCUT2D eigenvalue weighted by molar-refractivity contribution is 6.09. The molecule has 2 aromatic heterocycles. The van der Waals surface area contributed by atoms with Gasteiger partial charge in [0.05, 0.1) is 18.1 Å². The minimum atomic E-state index is -1.19. The van der Waals surface area contributed by atoms with Crippen molar-refractivity contribution < 1.29 is 14.7 Å². The highest BCUT2D eigenvalue weighted by Gasteiger charge is 2.21. The zero-order valence-corrected chi connectivity index (χ0v) is 9.78. The van der Waals surface area contributed by atoms with Crippen LogP contribution in [-0.2, 0) is 14.1 Å². The molecule has 2 aromatic rings. The first kappa shape index (κ1) is 11.8.